The van der Waals surface area contributed by atoms with E-state index in [1.54, 1.807) is 20.8 Å². The quantitative estimate of drug-likeness (QED) is 0.542. The molecular weight excluding hydrogens is 351 g/mol. The first-order valence-corrected chi connectivity index (χ1v) is 9.35. The standard InChI is InChI=1S/C15H19N2O7P/c1-9(2)23-25(20)21-7-11-13(24-25)15(3,8-16)14(22-11)17-5-4-10(18)6-12(17)19/h4-5,9,11,13-14H,6-7H2,1-3H3/t11-,13-,14-,15-,25+/m1/s1. The zero-order valence-electron chi connectivity index (χ0n) is 14.1. The molecule has 0 N–H and O–H groups in total. The summed E-state index contributed by atoms with van der Waals surface area (Å²) in [5.41, 5.74) is -1.31. The number of ketones is 1. The van der Waals surface area contributed by atoms with Crippen molar-refractivity contribution in [2.45, 2.75) is 51.7 Å². The average molecular weight is 370 g/mol. The van der Waals surface area contributed by atoms with E-state index in [2.05, 4.69) is 6.07 Å². The van der Waals surface area contributed by atoms with Crippen molar-refractivity contribution in [3.63, 3.8) is 0 Å². The predicted molar refractivity (Wildman–Crippen MR) is 82.6 cm³/mol. The van der Waals surface area contributed by atoms with Gasteiger partial charge in [-0.15, -0.1) is 0 Å². The second kappa shape index (κ2) is 6.31. The number of amides is 1. The van der Waals surface area contributed by atoms with Crippen molar-refractivity contribution < 1.29 is 32.5 Å². The minimum atomic E-state index is -3.83. The number of phosphoric ester groups is 1. The van der Waals surface area contributed by atoms with Crippen LogP contribution in [0.3, 0.4) is 0 Å². The maximum atomic E-state index is 12.6. The van der Waals surface area contributed by atoms with Gasteiger partial charge in [-0.2, -0.15) is 5.26 Å². The van der Waals surface area contributed by atoms with Crippen molar-refractivity contribution in [3.8, 4) is 6.07 Å². The summed E-state index contributed by atoms with van der Waals surface area (Å²) in [6, 6.07) is 2.11. The van der Waals surface area contributed by atoms with Gasteiger partial charge in [0.25, 0.3) is 0 Å². The van der Waals surface area contributed by atoms with Crippen molar-refractivity contribution in [1.82, 2.24) is 4.90 Å². The van der Waals surface area contributed by atoms with Crippen LogP contribution in [0.5, 0.6) is 0 Å². The zero-order valence-corrected chi connectivity index (χ0v) is 15.0. The first kappa shape index (κ1) is 18.2. The first-order chi connectivity index (χ1) is 11.7. The largest absolute Gasteiger partial charge is 0.475 e. The number of hydrogen-bond donors (Lipinski definition) is 0. The molecule has 3 aliphatic rings. The monoisotopic (exact) mass is 370 g/mol. The molecule has 0 saturated carbocycles. The Morgan fingerprint density at radius 1 is 1.48 bits per heavy atom. The zero-order chi connectivity index (χ0) is 18.4. The van der Waals surface area contributed by atoms with E-state index < -0.39 is 43.7 Å². The second-order valence-electron chi connectivity index (χ2n) is 6.60. The highest BCUT2D eigenvalue weighted by molar-refractivity contribution is 7.48. The number of nitriles is 1. The summed E-state index contributed by atoms with van der Waals surface area (Å²) in [5, 5.41) is 9.75. The molecule has 0 unspecified atom stereocenters. The number of ether oxygens (including phenoxy) is 1. The van der Waals surface area contributed by atoms with Gasteiger partial charge in [0, 0.05) is 6.20 Å². The summed E-state index contributed by atoms with van der Waals surface area (Å²) >= 11 is 0. The molecule has 0 radical (unpaired) electrons. The van der Waals surface area contributed by atoms with Gasteiger partial charge in [0.2, 0.25) is 5.91 Å². The third-order valence-corrected chi connectivity index (χ3v) is 5.88. The van der Waals surface area contributed by atoms with Crippen LogP contribution in [-0.4, -0.2) is 47.7 Å². The molecule has 0 aromatic rings. The summed E-state index contributed by atoms with van der Waals surface area (Å²) in [4.78, 5) is 24.8. The molecule has 5 atom stereocenters. The van der Waals surface area contributed by atoms with Crippen molar-refractivity contribution >= 4 is 19.5 Å². The van der Waals surface area contributed by atoms with Gasteiger partial charge in [-0.3, -0.25) is 28.1 Å². The maximum absolute atomic E-state index is 12.6. The molecule has 0 bridgehead atoms. The molecule has 9 nitrogen and oxygen atoms in total. The second-order valence-corrected chi connectivity index (χ2v) is 8.18. The van der Waals surface area contributed by atoms with Crippen LogP contribution in [0.25, 0.3) is 0 Å². The van der Waals surface area contributed by atoms with E-state index in [-0.39, 0.29) is 18.8 Å². The van der Waals surface area contributed by atoms with Crippen LogP contribution in [0.2, 0.25) is 0 Å². The fourth-order valence-corrected chi connectivity index (χ4v) is 4.74. The van der Waals surface area contributed by atoms with E-state index in [0.717, 1.165) is 0 Å². The lowest BCUT2D eigenvalue weighted by Crippen LogP contribution is -2.49. The Labute approximate surface area is 145 Å². The topological polar surface area (TPSA) is 115 Å². The molecule has 136 valence electrons. The lowest BCUT2D eigenvalue weighted by Gasteiger charge is -2.36. The van der Waals surface area contributed by atoms with Crippen LogP contribution in [0.4, 0.5) is 0 Å². The highest BCUT2D eigenvalue weighted by Gasteiger charge is 2.62. The normalized spacial score (nSPS) is 41.1. The Bertz CT molecular complexity index is 715. The van der Waals surface area contributed by atoms with Gasteiger partial charge in [0.15, 0.2) is 12.0 Å². The Hall–Kier alpha value is -1.56. The molecule has 3 aliphatic heterocycles. The summed E-state index contributed by atoms with van der Waals surface area (Å²) in [5.74, 6) is -0.787. The molecule has 0 aliphatic carbocycles. The van der Waals surface area contributed by atoms with Gasteiger partial charge in [0.1, 0.15) is 17.6 Å². The number of nitrogens with zero attached hydrogens (tertiary/aromatic N) is 2. The lowest BCUT2D eigenvalue weighted by atomic mass is 9.83. The summed E-state index contributed by atoms with van der Waals surface area (Å²) in [6.45, 7) is 4.84. The maximum Gasteiger partial charge on any atom is 0.475 e. The minimum Gasteiger partial charge on any atom is -0.348 e. The van der Waals surface area contributed by atoms with Crippen LogP contribution < -0.4 is 0 Å². The minimum absolute atomic E-state index is 0.0902. The molecule has 2 saturated heterocycles. The first-order valence-electron chi connectivity index (χ1n) is 7.89. The van der Waals surface area contributed by atoms with Crippen LogP contribution in [0.1, 0.15) is 27.2 Å². The molecule has 25 heavy (non-hydrogen) atoms. The van der Waals surface area contributed by atoms with Gasteiger partial charge in [-0.25, -0.2) is 4.57 Å². The van der Waals surface area contributed by atoms with Crippen LogP contribution in [0, 0.1) is 16.7 Å². The number of carbonyl (C=O) groups excluding carboxylic acids is 2. The van der Waals surface area contributed by atoms with E-state index in [1.807, 2.05) is 0 Å². The number of phosphoric acid groups is 1. The van der Waals surface area contributed by atoms with Crippen molar-refractivity contribution in [2.75, 3.05) is 6.61 Å². The van der Waals surface area contributed by atoms with Crippen LogP contribution in [0.15, 0.2) is 12.3 Å². The van der Waals surface area contributed by atoms with Gasteiger partial charge in [0.05, 0.1) is 25.2 Å². The van der Waals surface area contributed by atoms with Gasteiger partial charge in [-0.05, 0) is 26.8 Å². The molecule has 0 aromatic carbocycles. The number of carbonyl (C=O) groups is 2. The highest BCUT2D eigenvalue weighted by Crippen LogP contribution is 2.60. The molecule has 0 aromatic heterocycles. The van der Waals surface area contributed by atoms with Gasteiger partial charge < -0.3 is 4.74 Å². The SMILES string of the molecule is CC(C)O[P@]1(=O)OC[C@H]2O[C@@H](N3C=CC(=O)CC3=O)[C@](C)(C#N)[C@@H]2O1. The van der Waals surface area contributed by atoms with E-state index >= 15 is 0 Å². The van der Waals surface area contributed by atoms with Crippen molar-refractivity contribution in [2.24, 2.45) is 5.41 Å². The van der Waals surface area contributed by atoms with E-state index in [0.29, 0.717) is 0 Å². The Morgan fingerprint density at radius 3 is 2.80 bits per heavy atom. The fourth-order valence-electron chi connectivity index (χ4n) is 3.08. The van der Waals surface area contributed by atoms with Crippen LogP contribution in [-0.2, 0) is 32.5 Å². The highest BCUT2D eigenvalue weighted by atomic mass is 31.2. The Morgan fingerprint density at radius 2 is 2.20 bits per heavy atom. The molecule has 0 spiro atoms. The van der Waals surface area contributed by atoms with Gasteiger partial charge >= 0.3 is 7.82 Å². The van der Waals surface area contributed by atoms with Crippen molar-refractivity contribution in [3.05, 3.63) is 12.3 Å². The molecular formula is C15H19N2O7P. The predicted octanol–water partition coefficient (Wildman–Crippen LogP) is 1.50. The van der Waals surface area contributed by atoms with Crippen LogP contribution >= 0.6 is 7.82 Å². The third-order valence-electron chi connectivity index (χ3n) is 4.25. The molecule has 2 fully saturated rings. The van der Waals surface area contributed by atoms with E-state index in [4.69, 9.17) is 18.3 Å². The number of fused-ring (bicyclic) bond motifs is 1. The lowest BCUT2D eigenvalue weighted by molar-refractivity contribution is -0.147. The third kappa shape index (κ3) is 3.16. The smallest absolute Gasteiger partial charge is 0.348 e. The Kier molecular flexibility index (Phi) is 4.60. The average Bonchev–Trinajstić information content (AvgIpc) is 2.79. The van der Waals surface area contributed by atoms with Gasteiger partial charge in [-0.1, -0.05) is 0 Å². The van der Waals surface area contributed by atoms with Crippen molar-refractivity contribution in [1.29, 1.82) is 5.26 Å². The van der Waals surface area contributed by atoms with E-state index in [9.17, 15) is 19.4 Å². The molecule has 1 amide bonds. The number of hydrogen-bond acceptors (Lipinski definition) is 8. The molecule has 10 heteroatoms. The fraction of sp³-hybridized carbons (Fsp3) is 0.667. The summed E-state index contributed by atoms with van der Waals surface area (Å²) in [6.07, 6.45) is -0.707. The molecule has 3 heterocycles. The molecule has 3 rings (SSSR count). The Balaban J connectivity index is 1.89. The summed E-state index contributed by atoms with van der Waals surface area (Å²) < 4.78 is 34.4. The number of allylic oxidation sites excluding steroid dienone is 1. The van der Waals surface area contributed by atoms with E-state index in [1.165, 1.54) is 17.2 Å². The number of rotatable bonds is 3. The summed E-state index contributed by atoms with van der Waals surface area (Å²) in [7, 11) is -3.83.